The van der Waals surface area contributed by atoms with Crippen LogP contribution in [0.4, 0.5) is 0 Å². The van der Waals surface area contributed by atoms with E-state index >= 15 is 0 Å². The Kier molecular flexibility index (Phi) is 5.82. The third-order valence-corrected chi connectivity index (χ3v) is 2.85. The molecule has 0 radical (unpaired) electrons. The zero-order valence-electron chi connectivity index (χ0n) is 10.2. The van der Waals surface area contributed by atoms with Crippen molar-refractivity contribution in [1.82, 2.24) is 0 Å². The van der Waals surface area contributed by atoms with Gasteiger partial charge in [-0.3, -0.25) is 4.79 Å². The molecule has 84 valence electrons. The number of carbonyl (C=O) groups excluding carboxylic acids is 1. The van der Waals surface area contributed by atoms with Gasteiger partial charge in [-0.1, -0.05) is 27.7 Å². The highest BCUT2D eigenvalue weighted by Gasteiger charge is 2.39. The third-order valence-electron chi connectivity index (χ3n) is 2.85. The van der Waals surface area contributed by atoms with Crippen molar-refractivity contribution in [2.75, 3.05) is 0 Å². The zero-order chi connectivity index (χ0) is 11.2. The summed E-state index contributed by atoms with van der Waals surface area (Å²) in [5.74, 6) is 0.314. The van der Waals surface area contributed by atoms with Gasteiger partial charge in [0.25, 0.3) is 0 Å². The maximum Gasteiger partial charge on any atom is 0.303 e. The van der Waals surface area contributed by atoms with Gasteiger partial charge in [0.1, 0.15) is 5.60 Å². The number of hydrogen-bond acceptors (Lipinski definition) is 2. The predicted molar refractivity (Wildman–Crippen MR) is 59.2 cm³/mol. The van der Waals surface area contributed by atoms with Gasteiger partial charge in [0, 0.05) is 6.92 Å². The molecule has 0 unspecified atom stereocenters. The first kappa shape index (κ1) is 13.5. The second kappa shape index (κ2) is 6.05. The standard InChI is InChI=1S/C10H18O2.C2H6/c1-8(2)10(12-9(3)11)6-4-5-7-10;1-2/h8H,4-7H2,1-3H3;1-2H3. The van der Waals surface area contributed by atoms with E-state index in [1.54, 1.807) is 0 Å². The first-order valence-corrected chi connectivity index (χ1v) is 5.76. The van der Waals surface area contributed by atoms with Crippen LogP contribution in [-0.4, -0.2) is 11.6 Å². The molecule has 0 aromatic heterocycles. The Bertz CT molecular complexity index is 167. The summed E-state index contributed by atoms with van der Waals surface area (Å²) in [5, 5.41) is 0. The first-order chi connectivity index (χ1) is 6.57. The van der Waals surface area contributed by atoms with E-state index < -0.39 is 0 Å². The highest BCUT2D eigenvalue weighted by molar-refractivity contribution is 5.66. The number of ether oxygens (including phenoxy) is 1. The van der Waals surface area contributed by atoms with Crippen LogP contribution in [0.3, 0.4) is 0 Å². The molecule has 0 aromatic rings. The molecule has 0 heterocycles. The SMILES string of the molecule is CC.CC(=O)OC1(C(C)C)CCCC1. The monoisotopic (exact) mass is 200 g/mol. The lowest BCUT2D eigenvalue weighted by Gasteiger charge is -2.32. The Morgan fingerprint density at radius 1 is 1.21 bits per heavy atom. The topological polar surface area (TPSA) is 26.3 Å². The minimum atomic E-state index is -0.134. The second-order valence-corrected chi connectivity index (χ2v) is 4.02. The Hall–Kier alpha value is -0.530. The van der Waals surface area contributed by atoms with E-state index in [1.165, 1.54) is 19.8 Å². The van der Waals surface area contributed by atoms with Crippen molar-refractivity contribution < 1.29 is 9.53 Å². The smallest absolute Gasteiger partial charge is 0.303 e. The van der Waals surface area contributed by atoms with E-state index in [0.29, 0.717) is 5.92 Å². The van der Waals surface area contributed by atoms with Crippen LogP contribution in [0.25, 0.3) is 0 Å². The van der Waals surface area contributed by atoms with Gasteiger partial charge < -0.3 is 4.74 Å². The van der Waals surface area contributed by atoms with Crippen LogP contribution in [0.1, 0.15) is 60.3 Å². The molecule has 1 aliphatic rings. The quantitative estimate of drug-likeness (QED) is 0.637. The largest absolute Gasteiger partial charge is 0.459 e. The fourth-order valence-electron chi connectivity index (χ4n) is 2.06. The lowest BCUT2D eigenvalue weighted by Crippen LogP contribution is -2.36. The maximum absolute atomic E-state index is 10.9. The highest BCUT2D eigenvalue weighted by atomic mass is 16.6. The molecule has 0 amide bonds. The van der Waals surface area contributed by atoms with Crippen molar-refractivity contribution in [2.24, 2.45) is 5.92 Å². The van der Waals surface area contributed by atoms with Crippen LogP contribution in [0.5, 0.6) is 0 Å². The number of carbonyl (C=O) groups is 1. The molecule has 0 aliphatic heterocycles. The van der Waals surface area contributed by atoms with Crippen LogP contribution in [-0.2, 0) is 9.53 Å². The van der Waals surface area contributed by atoms with E-state index in [0.717, 1.165) is 12.8 Å². The van der Waals surface area contributed by atoms with Crippen molar-refractivity contribution in [3.8, 4) is 0 Å². The molecule has 0 spiro atoms. The van der Waals surface area contributed by atoms with Gasteiger partial charge in [0.15, 0.2) is 0 Å². The molecule has 0 N–H and O–H groups in total. The zero-order valence-corrected chi connectivity index (χ0v) is 10.2. The van der Waals surface area contributed by atoms with Gasteiger partial charge in [0.2, 0.25) is 0 Å². The molecular weight excluding hydrogens is 176 g/mol. The Balaban J connectivity index is 0.000000791. The summed E-state index contributed by atoms with van der Waals surface area (Å²) in [4.78, 5) is 10.9. The lowest BCUT2D eigenvalue weighted by molar-refractivity contribution is -0.161. The van der Waals surface area contributed by atoms with Crippen molar-refractivity contribution in [3.63, 3.8) is 0 Å². The van der Waals surface area contributed by atoms with E-state index in [4.69, 9.17) is 4.74 Å². The molecule has 14 heavy (non-hydrogen) atoms. The summed E-state index contributed by atoms with van der Waals surface area (Å²) in [7, 11) is 0. The summed E-state index contributed by atoms with van der Waals surface area (Å²) < 4.78 is 5.42. The van der Waals surface area contributed by atoms with Crippen molar-refractivity contribution in [1.29, 1.82) is 0 Å². The van der Waals surface area contributed by atoms with Crippen molar-refractivity contribution >= 4 is 5.97 Å². The molecule has 0 bridgehead atoms. The number of rotatable bonds is 2. The molecule has 0 aromatic carbocycles. The number of hydrogen-bond donors (Lipinski definition) is 0. The van der Waals surface area contributed by atoms with Crippen LogP contribution < -0.4 is 0 Å². The highest BCUT2D eigenvalue weighted by Crippen LogP contribution is 2.39. The fraction of sp³-hybridized carbons (Fsp3) is 0.917. The molecule has 1 saturated carbocycles. The predicted octanol–water partition coefficient (Wildman–Crippen LogP) is 3.54. The molecule has 2 heteroatoms. The van der Waals surface area contributed by atoms with Gasteiger partial charge in [-0.25, -0.2) is 0 Å². The molecular formula is C12H24O2. The summed E-state index contributed by atoms with van der Waals surface area (Å²) >= 11 is 0. The normalized spacial score (nSPS) is 18.7. The minimum absolute atomic E-state index is 0.133. The first-order valence-electron chi connectivity index (χ1n) is 5.76. The fourth-order valence-corrected chi connectivity index (χ4v) is 2.06. The van der Waals surface area contributed by atoms with E-state index in [2.05, 4.69) is 13.8 Å². The maximum atomic E-state index is 10.9. The minimum Gasteiger partial charge on any atom is -0.459 e. The van der Waals surface area contributed by atoms with E-state index in [9.17, 15) is 4.79 Å². The van der Waals surface area contributed by atoms with E-state index in [-0.39, 0.29) is 11.6 Å². The number of esters is 1. The molecule has 1 aliphatic carbocycles. The van der Waals surface area contributed by atoms with Crippen LogP contribution in [0.2, 0.25) is 0 Å². The lowest BCUT2D eigenvalue weighted by atomic mass is 9.88. The van der Waals surface area contributed by atoms with Gasteiger partial charge >= 0.3 is 5.97 Å². The summed E-state index contributed by atoms with van der Waals surface area (Å²) in [5.41, 5.74) is -0.133. The molecule has 1 rings (SSSR count). The Morgan fingerprint density at radius 2 is 1.64 bits per heavy atom. The molecule has 0 saturated heterocycles. The van der Waals surface area contributed by atoms with Crippen molar-refractivity contribution in [3.05, 3.63) is 0 Å². The third kappa shape index (κ3) is 3.32. The average Bonchev–Trinajstić information content (AvgIpc) is 2.57. The summed E-state index contributed by atoms with van der Waals surface area (Å²) in [6.45, 7) is 9.77. The summed E-state index contributed by atoms with van der Waals surface area (Å²) in [6.07, 6.45) is 4.49. The Labute approximate surface area is 88.0 Å². The van der Waals surface area contributed by atoms with Crippen molar-refractivity contribution in [2.45, 2.75) is 65.9 Å². The Morgan fingerprint density at radius 3 is 1.93 bits per heavy atom. The van der Waals surface area contributed by atoms with E-state index in [1.807, 2.05) is 13.8 Å². The van der Waals surface area contributed by atoms with Gasteiger partial charge in [-0.2, -0.15) is 0 Å². The molecule has 0 atom stereocenters. The van der Waals surface area contributed by atoms with Gasteiger partial charge in [-0.05, 0) is 31.6 Å². The molecule has 2 nitrogen and oxygen atoms in total. The van der Waals surface area contributed by atoms with Gasteiger partial charge in [0.05, 0.1) is 0 Å². The average molecular weight is 200 g/mol. The van der Waals surface area contributed by atoms with Crippen LogP contribution in [0.15, 0.2) is 0 Å². The molecule has 1 fully saturated rings. The van der Waals surface area contributed by atoms with Gasteiger partial charge in [-0.15, -0.1) is 0 Å². The summed E-state index contributed by atoms with van der Waals surface area (Å²) in [6, 6.07) is 0. The van der Waals surface area contributed by atoms with Crippen LogP contribution >= 0.6 is 0 Å². The van der Waals surface area contributed by atoms with Crippen LogP contribution in [0, 0.1) is 5.92 Å². The second-order valence-electron chi connectivity index (χ2n) is 4.02.